The van der Waals surface area contributed by atoms with Gasteiger partial charge in [0.2, 0.25) is 15.9 Å². The number of benzene rings is 1. The molecule has 0 spiro atoms. The van der Waals surface area contributed by atoms with E-state index < -0.39 is 10.0 Å². The van der Waals surface area contributed by atoms with Crippen molar-refractivity contribution in [2.45, 2.75) is 76.6 Å². The number of hydrogen-bond acceptors (Lipinski definition) is 6. The Morgan fingerprint density at radius 2 is 1.94 bits per heavy atom. The van der Waals surface area contributed by atoms with Crippen LogP contribution < -0.4 is 10.1 Å². The summed E-state index contributed by atoms with van der Waals surface area (Å²) in [6, 6.07) is 4.71. The Morgan fingerprint density at radius 1 is 1.25 bits per heavy atom. The van der Waals surface area contributed by atoms with Gasteiger partial charge in [0.25, 0.3) is 0 Å². The second-order valence-electron chi connectivity index (χ2n) is 9.70. The Hall–Kier alpha value is -1.68. The van der Waals surface area contributed by atoms with Crippen molar-refractivity contribution >= 4 is 21.6 Å². The zero-order valence-electron chi connectivity index (χ0n) is 19.9. The van der Waals surface area contributed by atoms with E-state index in [-0.39, 0.29) is 35.2 Å². The van der Waals surface area contributed by atoms with Crippen LogP contribution in [0.2, 0.25) is 0 Å². The lowest BCUT2D eigenvalue weighted by molar-refractivity contribution is -0.136. The fourth-order valence-corrected chi connectivity index (χ4v) is 6.02. The van der Waals surface area contributed by atoms with E-state index in [4.69, 9.17) is 9.47 Å². The Labute approximate surface area is 192 Å². The minimum Gasteiger partial charge on any atom is -0.489 e. The molecule has 1 aromatic carbocycles. The van der Waals surface area contributed by atoms with E-state index in [2.05, 4.69) is 10.2 Å². The second kappa shape index (κ2) is 10.1. The van der Waals surface area contributed by atoms with Crippen molar-refractivity contribution in [3.05, 3.63) is 18.2 Å². The van der Waals surface area contributed by atoms with Gasteiger partial charge in [0.15, 0.2) is 0 Å². The van der Waals surface area contributed by atoms with Crippen molar-refractivity contribution in [1.29, 1.82) is 0 Å². The highest BCUT2D eigenvalue weighted by Crippen LogP contribution is 2.31. The molecule has 2 aliphatic rings. The molecule has 2 fully saturated rings. The molecule has 2 heterocycles. The molecule has 2 saturated heterocycles. The molecular formula is C23H37N3O5S. The minimum absolute atomic E-state index is 0.0319. The van der Waals surface area contributed by atoms with Crippen molar-refractivity contribution in [3.8, 4) is 5.75 Å². The van der Waals surface area contributed by atoms with E-state index in [9.17, 15) is 13.2 Å². The number of rotatable bonds is 7. The van der Waals surface area contributed by atoms with Crippen LogP contribution in [0.25, 0.3) is 0 Å². The van der Waals surface area contributed by atoms with Gasteiger partial charge in [0, 0.05) is 26.2 Å². The fraction of sp³-hybridized carbons (Fsp3) is 0.696. The van der Waals surface area contributed by atoms with Crippen molar-refractivity contribution in [2.75, 3.05) is 38.0 Å². The SMILES string of the molecule is CC(C)Oc1ccc(S(=O)(=O)N2CCCCC2)cc1NC(=O)CN1CC(C)OC(C)(C)C1. The number of nitrogens with one attached hydrogen (secondary N) is 1. The van der Waals surface area contributed by atoms with Gasteiger partial charge < -0.3 is 14.8 Å². The summed E-state index contributed by atoms with van der Waals surface area (Å²) < 4.78 is 39.5. The highest BCUT2D eigenvalue weighted by atomic mass is 32.2. The molecule has 0 aliphatic carbocycles. The molecule has 0 bridgehead atoms. The summed E-state index contributed by atoms with van der Waals surface area (Å²) in [5.41, 5.74) is 0.0501. The molecule has 1 aromatic rings. The smallest absolute Gasteiger partial charge is 0.243 e. The van der Waals surface area contributed by atoms with Crippen LogP contribution in [-0.2, 0) is 19.6 Å². The molecule has 180 valence electrons. The molecule has 0 radical (unpaired) electrons. The molecule has 1 unspecified atom stereocenters. The largest absolute Gasteiger partial charge is 0.489 e. The Kier molecular flexibility index (Phi) is 7.85. The summed E-state index contributed by atoms with van der Waals surface area (Å²) in [4.78, 5) is 15.1. The summed E-state index contributed by atoms with van der Waals surface area (Å²) >= 11 is 0. The summed E-state index contributed by atoms with van der Waals surface area (Å²) in [5.74, 6) is 0.248. The van der Waals surface area contributed by atoms with Crippen LogP contribution >= 0.6 is 0 Å². The van der Waals surface area contributed by atoms with Gasteiger partial charge in [-0.2, -0.15) is 4.31 Å². The zero-order chi connectivity index (χ0) is 23.5. The van der Waals surface area contributed by atoms with Crippen LogP contribution in [0.4, 0.5) is 5.69 Å². The van der Waals surface area contributed by atoms with Gasteiger partial charge in [-0.1, -0.05) is 6.42 Å². The number of amides is 1. The maximum absolute atomic E-state index is 13.1. The first-order valence-electron chi connectivity index (χ1n) is 11.5. The molecule has 3 rings (SSSR count). The first-order valence-corrected chi connectivity index (χ1v) is 12.9. The fourth-order valence-electron chi connectivity index (χ4n) is 4.48. The lowest BCUT2D eigenvalue weighted by Gasteiger charge is -2.41. The van der Waals surface area contributed by atoms with E-state index in [0.29, 0.717) is 37.6 Å². The molecule has 0 saturated carbocycles. The normalized spacial score (nSPS) is 22.6. The first kappa shape index (κ1) is 25.0. The highest BCUT2D eigenvalue weighted by molar-refractivity contribution is 7.89. The van der Waals surface area contributed by atoms with Crippen molar-refractivity contribution in [2.24, 2.45) is 0 Å². The third-order valence-corrected chi connectivity index (χ3v) is 7.44. The molecule has 0 aromatic heterocycles. The number of nitrogens with zero attached hydrogens (tertiary/aromatic N) is 2. The van der Waals surface area contributed by atoms with Gasteiger partial charge in [0.1, 0.15) is 5.75 Å². The lowest BCUT2D eigenvalue weighted by Crippen LogP contribution is -2.53. The summed E-state index contributed by atoms with van der Waals surface area (Å²) in [5, 5.41) is 2.89. The Bertz CT molecular complexity index is 910. The molecular weight excluding hydrogens is 430 g/mol. The number of ether oxygens (including phenoxy) is 2. The molecule has 1 atom stereocenters. The summed E-state index contributed by atoms with van der Waals surface area (Å²) in [6.07, 6.45) is 2.70. The molecule has 8 nitrogen and oxygen atoms in total. The van der Waals surface area contributed by atoms with Crippen molar-refractivity contribution in [1.82, 2.24) is 9.21 Å². The third kappa shape index (κ3) is 6.43. The maximum atomic E-state index is 13.1. The average molecular weight is 468 g/mol. The molecule has 2 aliphatic heterocycles. The second-order valence-corrected chi connectivity index (χ2v) is 11.6. The number of hydrogen-bond donors (Lipinski definition) is 1. The van der Waals surface area contributed by atoms with Gasteiger partial charge in [-0.15, -0.1) is 0 Å². The molecule has 32 heavy (non-hydrogen) atoms. The van der Waals surface area contributed by atoms with E-state index in [0.717, 1.165) is 19.3 Å². The quantitative estimate of drug-likeness (QED) is 0.663. The molecule has 9 heteroatoms. The van der Waals surface area contributed by atoms with Crippen molar-refractivity contribution in [3.63, 3.8) is 0 Å². The van der Waals surface area contributed by atoms with Crippen LogP contribution in [0.3, 0.4) is 0 Å². The zero-order valence-corrected chi connectivity index (χ0v) is 20.7. The number of carbonyl (C=O) groups excluding carboxylic acids is 1. The highest BCUT2D eigenvalue weighted by Gasteiger charge is 2.32. The summed E-state index contributed by atoms with van der Waals surface area (Å²) in [6.45, 7) is 12.4. The lowest BCUT2D eigenvalue weighted by atomic mass is 10.1. The van der Waals surface area contributed by atoms with E-state index in [1.807, 2.05) is 34.6 Å². The Balaban J connectivity index is 1.80. The van der Waals surface area contributed by atoms with E-state index in [1.54, 1.807) is 12.1 Å². The molecule has 1 amide bonds. The topological polar surface area (TPSA) is 88.2 Å². The predicted octanol–water partition coefficient (Wildman–Crippen LogP) is 3.09. The summed E-state index contributed by atoms with van der Waals surface area (Å²) in [7, 11) is -3.62. The minimum atomic E-state index is -3.62. The number of anilines is 1. The standard InChI is InChI=1S/C23H37N3O5S/c1-17(2)30-21-10-9-19(32(28,29)26-11-7-6-8-12-26)13-20(21)24-22(27)15-25-14-18(3)31-23(4,5)16-25/h9-10,13,17-18H,6-8,11-12,14-16H2,1-5H3,(H,24,27). The number of carbonyl (C=O) groups is 1. The maximum Gasteiger partial charge on any atom is 0.243 e. The number of sulfonamides is 1. The van der Waals surface area contributed by atoms with Crippen LogP contribution in [0, 0.1) is 0 Å². The van der Waals surface area contributed by atoms with Gasteiger partial charge in [0.05, 0.1) is 34.9 Å². The first-order chi connectivity index (χ1) is 15.0. The average Bonchev–Trinajstić information content (AvgIpc) is 2.67. The third-order valence-electron chi connectivity index (χ3n) is 5.55. The van der Waals surface area contributed by atoms with Crippen molar-refractivity contribution < 1.29 is 22.7 Å². The van der Waals surface area contributed by atoms with Gasteiger partial charge in [-0.25, -0.2) is 8.42 Å². The van der Waals surface area contributed by atoms with Gasteiger partial charge in [-0.05, 0) is 65.7 Å². The van der Waals surface area contributed by atoms with Crippen LogP contribution in [-0.4, -0.2) is 74.1 Å². The van der Waals surface area contributed by atoms with E-state index >= 15 is 0 Å². The number of morpholine rings is 1. The monoisotopic (exact) mass is 467 g/mol. The Morgan fingerprint density at radius 3 is 2.56 bits per heavy atom. The van der Waals surface area contributed by atoms with Gasteiger partial charge >= 0.3 is 0 Å². The van der Waals surface area contributed by atoms with Gasteiger partial charge in [-0.3, -0.25) is 9.69 Å². The number of piperidine rings is 1. The van der Waals surface area contributed by atoms with Crippen LogP contribution in [0.5, 0.6) is 5.75 Å². The van der Waals surface area contributed by atoms with Crippen LogP contribution in [0.15, 0.2) is 23.1 Å². The van der Waals surface area contributed by atoms with Crippen LogP contribution in [0.1, 0.15) is 53.9 Å². The molecule has 1 N–H and O–H groups in total. The van der Waals surface area contributed by atoms with E-state index in [1.165, 1.54) is 10.4 Å². The predicted molar refractivity (Wildman–Crippen MR) is 125 cm³/mol.